The molecule has 1 atom stereocenters. The predicted molar refractivity (Wildman–Crippen MR) is 158 cm³/mol. The van der Waals surface area contributed by atoms with Crippen LogP contribution in [0.15, 0.2) is 107 Å². The van der Waals surface area contributed by atoms with Crippen LogP contribution >= 0.6 is 0 Å². The summed E-state index contributed by atoms with van der Waals surface area (Å²) in [5, 5.41) is 0. The summed E-state index contributed by atoms with van der Waals surface area (Å²) in [4.78, 5) is 0.520. The van der Waals surface area contributed by atoms with Gasteiger partial charge in [0.15, 0.2) is 0 Å². The molecule has 0 aromatic heterocycles. The zero-order valence-electron chi connectivity index (χ0n) is 23.9. The van der Waals surface area contributed by atoms with E-state index >= 15 is 0 Å². The summed E-state index contributed by atoms with van der Waals surface area (Å²) in [6.07, 6.45) is 0. The van der Waals surface area contributed by atoms with Crippen LogP contribution in [-0.4, -0.2) is 14.0 Å². The molecule has 4 aromatic rings. The first-order chi connectivity index (χ1) is 18.2. The number of sulfone groups is 1. The molecule has 4 nitrogen and oxygen atoms in total. The van der Waals surface area contributed by atoms with E-state index in [2.05, 4.69) is 52.0 Å². The summed E-state index contributed by atoms with van der Waals surface area (Å²) in [5.74, 6) is 2.34. The monoisotopic (exact) mass is 542 g/mol. The van der Waals surface area contributed by atoms with Crippen LogP contribution in [0.4, 0.5) is 0 Å². The van der Waals surface area contributed by atoms with Crippen molar-refractivity contribution in [3.05, 3.63) is 114 Å². The Morgan fingerprint density at radius 1 is 0.564 bits per heavy atom. The maximum atomic E-state index is 13.1. The largest absolute Gasteiger partial charge is 0.488 e. The molecule has 0 saturated carbocycles. The van der Waals surface area contributed by atoms with Crippen LogP contribution in [0.1, 0.15) is 71.1 Å². The molecule has 0 N–H and O–H groups in total. The molecule has 0 aliphatic heterocycles. The molecular formula is C34H38O4S. The fraction of sp³-hybridized carbons (Fsp3) is 0.294. The molecule has 0 amide bonds. The minimum Gasteiger partial charge on any atom is -0.488 e. The predicted octanol–water partition coefficient (Wildman–Crippen LogP) is 8.94. The molecule has 0 radical (unpaired) electrons. The topological polar surface area (TPSA) is 52.6 Å². The van der Waals surface area contributed by atoms with Gasteiger partial charge in [-0.1, -0.05) is 64.1 Å². The summed E-state index contributed by atoms with van der Waals surface area (Å²) in [7, 11) is -3.61. The average molecular weight is 543 g/mol. The van der Waals surface area contributed by atoms with Crippen molar-refractivity contribution in [1.82, 2.24) is 0 Å². The van der Waals surface area contributed by atoms with E-state index in [0.29, 0.717) is 11.5 Å². The Morgan fingerprint density at radius 2 is 0.949 bits per heavy atom. The van der Waals surface area contributed by atoms with Crippen LogP contribution in [0.5, 0.6) is 17.2 Å². The highest BCUT2D eigenvalue weighted by atomic mass is 32.2. The Balaban J connectivity index is 1.42. The first-order valence-corrected chi connectivity index (χ1v) is 14.7. The molecule has 4 rings (SSSR count). The minimum absolute atomic E-state index is 0.0372. The molecule has 0 saturated heterocycles. The summed E-state index contributed by atoms with van der Waals surface area (Å²) in [5.41, 5.74) is 3.20. The van der Waals surface area contributed by atoms with Gasteiger partial charge in [0, 0.05) is 5.92 Å². The van der Waals surface area contributed by atoms with Gasteiger partial charge in [0.25, 0.3) is 0 Å². The van der Waals surface area contributed by atoms with Gasteiger partial charge in [-0.15, -0.1) is 0 Å². The van der Waals surface area contributed by atoms with Gasteiger partial charge in [-0.3, -0.25) is 0 Å². The molecule has 204 valence electrons. The van der Waals surface area contributed by atoms with E-state index in [1.807, 2.05) is 57.2 Å². The van der Waals surface area contributed by atoms with Crippen molar-refractivity contribution < 1.29 is 17.9 Å². The van der Waals surface area contributed by atoms with Crippen LogP contribution in [0.2, 0.25) is 0 Å². The minimum atomic E-state index is -3.61. The standard InChI is InChI=1S/C34H38O4S/c1-24(26-10-16-30(17-11-26)38-34(5,6)7)25-8-14-28(15-9-25)37-29-18-22-32(23-19-29)39(35,36)31-20-12-27(13-21-31)33(2,3)4/h8-24H,1-7H3. The highest BCUT2D eigenvalue weighted by Crippen LogP contribution is 2.31. The summed E-state index contributed by atoms with van der Waals surface area (Å²) in [6, 6.07) is 29.9. The molecule has 0 fully saturated rings. The quantitative estimate of drug-likeness (QED) is 0.234. The maximum absolute atomic E-state index is 13.1. The average Bonchev–Trinajstić information content (AvgIpc) is 2.88. The molecule has 0 aliphatic carbocycles. The third-order valence-electron chi connectivity index (χ3n) is 6.58. The molecule has 1 unspecified atom stereocenters. The molecule has 39 heavy (non-hydrogen) atoms. The van der Waals surface area contributed by atoms with E-state index < -0.39 is 9.84 Å². The first kappa shape index (κ1) is 28.4. The Hall–Kier alpha value is -3.57. The van der Waals surface area contributed by atoms with Crippen LogP contribution < -0.4 is 9.47 Å². The molecular weight excluding hydrogens is 504 g/mol. The number of ether oxygens (including phenoxy) is 2. The zero-order chi connectivity index (χ0) is 28.4. The van der Waals surface area contributed by atoms with Crippen molar-refractivity contribution in [2.24, 2.45) is 0 Å². The smallest absolute Gasteiger partial charge is 0.206 e. The Kier molecular flexibility index (Phi) is 7.94. The van der Waals surface area contributed by atoms with Crippen molar-refractivity contribution in [1.29, 1.82) is 0 Å². The van der Waals surface area contributed by atoms with Crippen molar-refractivity contribution in [3.8, 4) is 17.2 Å². The summed E-state index contributed by atoms with van der Waals surface area (Å²) >= 11 is 0. The fourth-order valence-electron chi connectivity index (χ4n) is 4.29. The lowest BCUT2D eigenvalue weighted by Crippen LogP contribution is -2.22. The Bertz CT molecular complexity index is 1490. The van der Waals surface area contributed by atoms with Crippen LogP contribution in [-0.2, 0) is 15.3 Å². The van der Waals surface area contributed by atoms with Gasteiger partial charge in [0.05, 0.1) is 9.79 Å². The lowest BCUT2D eigenvalue weighted by Gasteiger charge is -2.22. The highest BCUT2D eigenvalue weighted by molar-refractivity contribution is 7.91. The lowest BCUT2D eigenvalue weighted by molar-refractivity contribution is 0.131. The maximum Gasteiger partial charge on any atom is 0.206 e. The zero-order valence-corrected chi connectivity index (χ0v) is 24.7. The molecule has 5 heteroatoms. The van der Waals surface area contributed by atoms with Crippen molar-refractivity contribution >= 4 is 9.84 Å². The summed E-state index contributed by atoms with van der Waals surface area (Å²) < 4.78 is 38.2. The SMILES string of the molecule is CC(c1ccc(Oc2ccc(S(=O)(=O)c3ccc(C(C)(C)C)cc3)cc2)cc1)c1ccc(OC(C)(C)C)cc1. The van der Waals surface area contributed by atoms with Gasteiger partial charge in [-0.25, -0.2) is 8.42 Å². The number of rotatable bonds is 7. The van der Waals surface area contributed by atoms with Gasteiger partial charge in [0.2, 0.25) is 9.84 Å². The fourth-order valence-corrected chi connectivity index (χ4v) is 5.55. The van der Waals surface area contributed by atoms with E-state index in [-0.39, 0.29) is 26.7 Å². The Morgan fingerprint density at radius 3 is 1.36 bits per heavy atom. The molecule has 0 heterocycles. The number of hydrogen-bond acceptors (Lipinski definition) is 4. The van der Waals surface area contributed by atoms with Gasteiger partial charge < -0.3 is 9.47 Å². The van der Waals surface area contributed by atoms with E-state index in [1.165, 1.54) is 11.1 Å². The highest BCUT2D eigenvalue weighted by Gasteiger charge is 2.20. The van der Waals surface area contributed by atoms with Crippen molar-refractivity contribution in [2.75, 3.05) is 0 Å². The molecule has 0 spiro atoms. The lowest BCUT2D eigenvalue weighted by atomic mass is 9.87. The second-order valence-corrected chi connectivity index (χ2v) is 13.9. The molecule has 0 bridgehead atoms. The Labute approximate surface area is 233 Å². The van der Waals surface area contributed by atoms with E-state index in [0.717, 1.165) is 11.3 Å². The third-order valence-corrected chi connectivity index (χ3v) is 8.37. The van der Waals surface area contributed by atoms with Crippen LogP contribution in [0, 0.1) is 0 Å². The number of hydrogen-bond donors (Lipinski definition) is 0. The molecule has 0 aliphatic rings. The first-order valence-electron chi connectivity index (χ1n) is 13.2. The second-order valence-electron chi connectivity index (χ2n) is 11.9. The number of benzene rings is 4. The van der Waals surface area contributed by atoms with Crippen molar-refractivity contribution in [3.63, 3.8) is 0 Å². The van der Waals surface area contributed by atoms with Gasteiger partial charge >= 0.3 is 0 Å². The summed E-state index contributed by atoms with van der Waals surface area (Å²) in [6.45, 7) is 14.6. The van der Waals surface area contributed by atoms with E-state index in [4.69, 9.17) is 9.47 Å². The molecule has 4 aromatic carbocycles. The van der Waals surface area contributed by atoms with Gasteiger partial charge in [0.1, 0.15) is 22.8 Å². The third kappa shape index (κ3) is 7.10. The second kappa shape index (κ2) is 10.9. The van der Waals surface area contributed by atoms with Crippen LogP contribution in [0.3, 0.4) is 0 Å². The van der Waals surface area contributed by atoms with E-state index in [1.54, 1.807) is 36.4 Å². The van der Waals surface area contributed by atoms with Gasteiger partial charge in [-0.05, 0) is 104 Å². The van der Waals surface area contributed by atoms with Crippen molar-refractivity contribution in [2.45, 2.75) is 75.2 Å². The normalized spacial score (nSPS) is 13.1. The van der Waals surface area contributed by atoms with E-state index in [9.17, 15) is 8.42 Å². The van der Waals surface area contributed by atoms with Gasteiger partial charge in [-0.2, -0.15) is 0 Å². The van der Waals surface area contributed by atoms with Crippen LogP contribution in [0.25, 0.3) is 0 Å².